The van der Waals surface area contributed by atoms with Gasteiger partial charge in [-0.3, -0.25) is 9.59 Å². The van der Waals surface area contributed by atoms with Crippen LogP contribution in [0, 0.1) is 0 Å². The van der Waals surface area contributed by atoms with Gasteiger partial charge in [-0.2, -0.15) is 0 Å². The summed E-state index contributed by atoms with van der Waals surface area (Å²) in [5.41, 5.74) is 0.680. The van der Waals surface area contributed by atoms with Crippen LogP contribution in [0.1, 0.15) is 13.8 Å². The third-order valence-corrected chi connectivity index (χ3v) is 2.32. The van der Waals surface area contributed by atoms with Gasteiger partial charge in [0.05, 0.1) is 13.2 Å². The zero-order valence-corrected chi connectivity index (χ0v) is 12.2. The molecule has 8 nitrogen and oxygen atoms in total. The van der Waals surface area contributed by atoms with Crippen molar-refractivity contribution >= 4 is 35.1 Å². The van der Waals surface area contributed by atoms with Crippen LogP contribution in [0.3, 0.4) is 0 Å². The van der Waals surface area contributed by atoms with Crippen LogP contribution in [0.4, 0.5) is 11.4 Å². The molecule has 0 unspecified atom stereocenters. The molecule has 0 aliphatic carbocycles. The van der Waals surface area contributed by atoms with Crippen LogP contribution in [-0.4, -0.2) is 37.0 Å². The van der Waals surface area contributed by atoms with E-state index in [1.165, 1.54) is 24.3 Å². The van der Waals surface area contributed by atoms with Gasteiger partial charge in [-0.15, -0.1) is 0 Å². The number of nitrogens with one attached hydrogen (secondary N) is 2. The van der Waals surface area contributed by atoms with E-state index >= 15 is 0 Å². The molecule has 0 aliphatic heterocycles. The minimum absolute atomic E-state index is 0.102. The monoisotopic (exact) mass is 308 g/mol. The predicted octanol–water partition coefficient (Wildman–Crippen LogP) is 0.690. The first-order valence-electron chi connectivity index (χ1n) is 6.54. The Morgan fingerprint density at radius 3 is 1.36 bits per heavy atom. The van der Waals surface area contributed by atoms with Gasteiger partial charge in [0.15, 0.2) is 0 Å². The number of hydrogen-bond acceptors (Lipinski definition) is 6. The van der Waals surface area contributed by atoms with Crippen molar-refractivity contribution in [3.63, 3.8) is 0 Å². The molecule has 0 aromatic heterocycles. The summed E-state index contributed by atoms with van der Waals surface area (Å²) in [6.07, 6.45) is 0. The van der Waals surface area contributed by atoms with Crippen molar-refractivity contribution in [1.82, 2.24) is 0 Å². The lowest BCUT2D eigenvalue weighted by Gasteiger charge is -2.07. The van der Waals surface area contributed by atoms with E-state index in [0.717, 1.165) is 0 Å². The Labute approximate surface area is 126 Å². The number of carbonyl (C=O) groups is 4. The summed E-state index contributed by atoms with van der Waals surface area (Å²) in [6, 6.07) is 5.82. The Hall–Kier alpha value is -2.90. The predicted molar refractivity (Wildman–Crippen MR) is 77.0 cm³/mol. The molecule has 0 saturated heterocycles. The fraction of sp³-hybridized carbons (Fsp3) is 0.286. The lowest BCUT2D eigenvalue weighted by Crippen LogP contribution is -2.25. The topological polar surface area (TPSA) is 111 Å². The van der Waals surface area contributed by atoms with Crippen LogP contribution in [0.5, 0.6) is 0 Å². The van der Waals surface area contributed by atoms with Crippen molar-refractivity contribution in [2.45, 2.75) is 13.8 Å². The van der Waals surface area contributed by atoms with Crippen LogP contribution in [-0.2, 0) is 28.7 Å². The van der Waals surface area contributed by atoms with Crippen LogP contribution < -0.4 is 10.6 Å². The SMILES string of the molecule is CCOC(=O)C(=O)Nc1ccc(NC(=O)C(=O)OCC)cc1. The van der Waals surface area contributed by atoms with Crippen LogP contribution in [0.25, 0.3) is 0 Å². The molecule has 0 spiro atoms. The minimum Gasteiger partial charge on any atom is -0.459 e. The molecule has 0 fully saturated rings. The highest BCUT2D eigenvalue weighted by Crippen LogP contribution is 2.13. The molecule has 1 rings (SSSR count). The highest BCUT2D eigenvalue weighted by Gasteiger charge is 2.16. The average molecular weight is 308 g/mol. The van der Waals surface area contributed by atoms with E-state index in [-0.39, 0.29) is 13.2 Å². The molecule has 0 aliphatic rings. The normalized spacial score (nSPS) is 9.55. The summed E-state index contributed by atoms with van der Waals surface area (Å²) < 4.78 is 9.08. The summed E-state index contributed by atoms with van der Waals surface area (Å²) in [5.74, 6) is -3.76. The van der Waals surface area contributed by atoms with Crippen molar-refractivity contribution in [3.05, 3.63) is 24.3 Å². The molecular formula is C14H16N2O6. The molecule has 2 N–H and O–H groups in total. The molecule has 0 saturated carbocycles. The maximum absolute atomic E-state index is 11.4. The standard InChI is InChI=1S/C14H16N2O6/c1-3-21-13(19)11(17)15-9-5-7-10(8-6-9)16-12(18)14(20)22-4-2/h5-8H,3-4H2,1-2H3,(H,15,17)(H,16,18). The lowest BCUT2D eigenvalue weighted by molar-refractivity contribution is -0.152. The minimum atomic E-state index is -0.984. The molecular weight excluding hydrogens is 292 g/mol. The van der Waals surface area contributed by atoms with E-state index in [0.29, 0.717) is 11.4 Å². The molecule has 8 heteroatoms. The molecule has 22 heavy (non-hydrogen) atoms. The number of anilines is 2. The molecule has 0 radical (unpaired) electrons. The van der Waals surface area contributed by atoms with Crippen LogP contribution >= 0.6 is 0 Å². The third kappa shape index (κ3) is 5.23. The van der Waals surface area contributed by atoms with Crippen molar-refractivity contribution in [2.75, 3.05) is 23.8 Å². The molecule has 0 heterocycles. The van der Waals surface area contributed by atoms with Crippen LogP contribution in [0.15, 0.2) is 24.3 Å². The summed E-state index contributed by atoms with van der Waals surface area (Å²) in [4.78, 5) is 45.1. The second kappa shape index (κ2) is 8.40. The van der Waals surface area contributed by atoms with E-state index < -0.39 is 23.8 Å². The van der Waals surface area contributed by atoms with Gasteiger partial charge in [0.1, 0.15) is 0 Å². The molecule has 0 bridgehead atoms. The van der Waals surface area contributed by atoms with Crippen molar-refractivity contribution in [1.29, 1.82) is 0 Å². The number of hydrogen-bond donors (Lipinski definition) is 2. The zero-order chi connectivity index (χ0) is 16.5. The number of esters is 2. The maximum atomic E-state index is 11.4. The Bertz CT molecular complexity index is 516. The number of rotatable bonds is 4. The first-order chi connectivity index (χ1) is 10.5. The smallest absolute Gasteiger partial charge is 0.397 e. The fourth-order valence-electron chi connectivity index (χ4n) is 1.39. The number of benzene rings is 1. The maximum Gasteiger partial charge on any atom is 0.397 e. The third-order valence-electron chi connectivity index (χ3n) is 2.32. The average Bonchev–Trinajstić information content (AvgIpc) is 2.49. The van der Waals surface area contributed by atoms with Gasteiger partial charge in [0.2, 0.25) is 0 Å². The molecule has 118 valence electrons. The van der Waals surface area contributed by atoms with E-state index in [1.807, 2.05) is 0 Å². The molecule has 2 amide bonds. The lowest BCUT2D eigenvalue weighted by atomic mass is 10.2. The second-order valence-electron chi connectivity index (χ2n) is 3.93. The Kier molecular flexibility index (Phi) is 6.55. The highest BCUT2D eigenvalue weighted by atomic mass is 16.5. The van der Waals surface area contributed by atoms with Gasteiger partial charge < -0.3 is 20.1 Å². The quantitative estimate of drug-likeness (QED) is 0.625. The molecule has 0 atom stereocenters. The van der Waals surface area contributed by atoms with Gasteiger partial charge in [-0.25, -0.2) is 9.59 Å². The fourth-order valence-corrected chi connectivity index (χ4v) is 1.39. The first kappa shape index (κ1) is 17.2. The van der Waals surface area contributed by atoms with E-state index in [4.69, 9.17) is 0 Å². The van der Waals surface area contributed by atoms with Gasteiger partial charge in [-0.05, 0) is 38.1 Å². The zero-order valence-electron chi connectivity index (χ0n) is 12.2. The van der Waals surface area contributed by atoms with Gasteiger partial charge in [0.25, 0.3) is 0 Å². The van der Waals surface area contributed by atoms with E-state index in [9.17, 15) is 19.2 Å². The van der Waals surface area contributed by atoms with E-state index in [1.54, 1.807) is 13.8 Å². The van der Waals surface area contributed by atoms with Crippen molar-refractivity contribution < 1.29 is 28.7 Å². The van der Waals surface area contributed by atoms with E-state index in [2.05, 4.69) is 20.1 Å². The summed E-state index contributed by atoms with van der Waals surface area (Å²) >= 11 is 0. The van der Waals surface area contributed by atoms with Gasteiger partial charge >= 0.3 is 23.8 Å². The largest absolute Gasteiger partial charge is 0.459 e. The Balaban J connectivity index is 2.60. The Morgan fingerprint density at radius 2 is 1.09 bits per heavy atom. The number of amides is 2. The Morgan fingerprint density at radius 1 is 0.773 bits per heavy atom. The molecule has 1 aromatic rings. The number of carbonyl (C=O) groups excluding carboxylic acids is 4. The molecule has 1 aromatic carbocycles. The second-order valence-corrected chi connectivity index (χ2v) is 3.93. The van der Waals surface area contributed by atoms with Gasteiger partial charge in [-0.1, -0.05) is 0 Å². The highest BCUT2D eigenvalue weighted by molar-refractivity contribution is 6.38. The number of ether oxygens (including phenoxy) is 2. The summed E-state index contributed by atoms with van der Waals surface area (Å²) in [5, 5.41) is 4.66. The van der Waals surface area contributed by atoms with Crippen molar-refractivity contribution in [3.8, 4) is 0 Å². The first-order valence-corrected chi connectivity index (χ1v) is 6.54. The summed E-state index contributed by atoms with van der Waals surface area (Å²) in [7, 11) is 0. The van der Waals surface area contributed by atoms with Gasteiger partial charge in [0, 0.05) is 11.4 Å². The van der Waals surface area contributed by atoms with Crippen molar-refractivity contribution in [2.24, 2.45) is 0 Å². The van der Waals surface area contributed by atoms with Crippen LogP contribution in [0.2, 0.25) is 0 Å². The summed E-state index contributed by atoms with van der Waals surface area (Å²) in [6.45, 7) is 3.38.